The Kier molecular flexibility index (Phi) is 3.99. The molecule has 0 aliphatic carbocycles. The van der Waals surface area contributed by atoms with E-state index < -0.39 is 0 Å². The summed E-state index contributed by atoms with van der Waals surface area (Å²) >= 11 is 0. The normalized spacial score (nSPS) is 10.3. The molecule has 1 aromatic carbocycles. The van der Waals surface area contributed by atoms with Crippen LogP contribution in [0.25, 0.3) is 0 Å². The van der Waals surface area contributed by atoms with E-state index >= 15 is 0 Å². The summed E-state index contributed by atoms with van der Waals surface area (Å²) in [7, 11) is 0. The molecule has 0 fully saturated rings. The number of hydrogen-bond donors (Lipinski definition) is 1. The van der Waals surface area contributed by atoms with Crippen LogP contribution in [0.15, 0.2) is 12.1 Å². The average molecular weight is 191 g/mol. The van der Waals surface area contributed by atoms with Crippen LogP contribution in [0.4, 0.5) is 5.69 Å². The molecule has 14 heavy (non-hydrogen) atoms. The standard InChI is InChI=1S/C13H21N/c1-5-6-7-14-13-9-11(3)10(2)8-12(13)4/h8-9,14H,5-7H2,1-4H3. The summed E-state index contributed by atoms with van der Waals surface area (Å²) in [6, 6.07) is 4.50. The van der Waals surface area contributed by atoms with Crippen molar-refractivity contribution >= 4 is 5.69 Å². The van der Waals surface area contributed by atoms with Crippen LogP contribution < -0.4 is 5.32 Å². The van der Waals surface area contributed by atoms with Gasteiger partial charge in [-0.25, -0.2) is 0 Å². The lowest BCUT2D eigenvalue weighted by molar-refractivity contribution is 0.833. The van der Waals surface area contributed by atoms with Crippen LogP contribution in [-0.2, 0) is 0 Å². The molecule has 0 spiro atoms. The van der Waals surface area contributed by atoms with Crippen LogP contribution in [0, 0.1) is 20.8 Å². The smallest absolute Gasteiger partial charge is 0.0372 e. The highest BCUT2D eigenvalue weighted by Gasteiger charge is 2.00. The van der Waals surface area contributed by atoms with Crippen LogP contribution in [-0.4, -0.2) is 6.54 Å². The number of rotatable bonds is 4. The Hall–Kier alpha value is -0.980. The second-order valence-electron chi connectivity index (χ2n) is 4.03. The van der Waals surface area contributed by atoms with Gasteiger partial charge >= 0.3 is 0 Å². The van der Waals surface area contributed by atoms with Crippen molar-refractivity contribution in [2.24, 2.45) is 0 Å². The highest BCUT2D eigenvalue weighted by molar-refractivity contribution is 5.54. The molecule has 0 bridgehead atoms. The quantitative estimate of drug-likeness (QED) is 0.713. The minimum Gasteiger partial charge on any atom is -0.385 e. The van der Waals surface area contributed by atoms with Crippen LogP contribution >= 0.6 is 0 Å². The van der Waals surface area contributed by atoms with Crippen LogP contribution in [0.2, 0.25) is 0 Å². The summed E-state index contributed by atoms with van der Waals surface area (Å²) < 4.78 is 0. The van der Waals surface area contributed by atoms with Gasteiger partial charge in [-0.15, -0.1) is 0 Å². The maximum atomic E-state index is 3.48. The zero-order valence-electron chi connectivity index (χ0n) is 9.78. The minimum atomic E-state index is 1.08. The zero-order chi connectivity index (χ0) is 10.6. The van der Waals surface area contributed by atoms with E-state index in [0.29, 0.717) is 0 Å². The first-order chi connectivity index (χ1) is 6.65. The Morgan fingerprint density at radius 2 is 1.64 bits per heavy atom. The molecule has 1 heteroatoms. The minimum absolute atomic E-state index is 1.08. The molecule has 0 atom stereocenters. The molecule has 0 aromatic heterocycles. The number of anilines is 1. The third-order valence-corrected chi connectivity index (χ3v) is 2.69. The molecule has 0 unspecified atom stereocenters. The van der Waals surface area contributed by atoms with E-state index in [1.54, 1.807) is 0 Å². The summed E-state index contributed by atoms with van der Waals surface area (Å²) in [6.07, 6.45) is 2.49. The van der Waals surface area contributed by atoms with Crippen molar-refractivity contribution in [1.82, 2.24) is 0 Å². The van der Waals surface area contributed by atoms with Gasteiger partial charge in [-0.1, -0.05) is 19.4 Å². The topological polar surface area (TPSA) is 12.0 Å². The van der Waals surface area contributed by atoms with E-state index in [1.165, 1.54) is 35.2 Å². The predicted octanol–water partition coefficient (Wildman–Crippen LogP) is 3.82. The number of benzene rings is 1. The van der Waals surface area contributed by atoms with E-state index in [1.807, 2.05) is 0 Å². The fourth-order valence-corrected chi connectivity index (χ4v) is 1.55. The van der Waals surface area contributed by atoms with E-state index in [-0.39, 0.29) is 0 Å². The molecule has 0 heterocycles. The van der Waals surface area contributed by atoms with E-state index in [4.69, 9.17) is 0 Å². The number of aryl methyl sites for hydroxylation is 3. The van der Waals surface area contributed by atoms with Gasteiger partial charge < -0.3 is 5.32 Å². The Morgan fingerprint density at radius 3 is 2.29 bits per heavy atom. The van der Waals surface area contributed by atoms with Gasteiger partial charge in [0.05, 0.1) is 0 Å². The van der Waals surface area contributed by atoms with Gasteiger partial charge in [0.25, 0.3) is 0 Å². The average Bonchev–Trinajstić information content (AvgIpc) is 2.14. The van der Waals surface area contributed by atoms with Gasteiger partial charge in [0, 0.05) is 12.2 Å². The van der Waals surface area contributed by atoms with Crippen LogP contribution in [0.3, 0.4) is 0 Å². The maximum Gasteiger partial charge on any atom is 0.0372 e. The monoisotopic (exact) mass is 191 g/mol. The highest BCUT2D eigenvalue weighted by Crippen LogP contribution is 2.19. The summed E-state index contributed by atoms with van der Waals surface area (Å²) in [5, 5.41) is 3.48. The first-order valence-electron chi connectivity index (χ1n) is 5.47. The number of nitrogens with one attached hydrogen (secondary N) is 1. The van der Waals surface area contributed by atoms with Gasteiger partial charge in [0.1, 0.15) is 0 Å². The van der Waals surface area contributed by atoms with Gasteiger partial charge in [-0.2, -0.15) is 0 Å². The van der Waals surface area contributed by atoms with Crippen molar-refractivity contribution in [3.63, 3.8) is 0 Å². The Bertz CT molecular complexity index is 302. The van der Waals surface area contributed by atoms with Crippen molar-refractivity contribution in [3.05, 3.63) is 28.8 Å². The molecular formula is C13H21N. The number of unbranched alkanes of at least 4 members (excludes halogenated alkanes) is 1. The van der Waals surface area contributed by atoms with Crippen molar-refractivity contribution in [1.29, 1.82) is 0 Å². The summed E-state index contributed by atoms with van der Waals surface area (Å²) in [4.78, 5) is 0. The molecule has 78 valence electrons. The third-order valence-electron chi connectivity index (χ3n) is 2.69. The van der Waals surface area contributed by atoms with E-state index in [9.17, 15) is 0 Å². The lowest BCUT2D eigenvalue weighted by atomic mass is 10.0. The van der Waals surface area contributed by atoms with Crippen molar-refractivity contribution in [3.8, 4) is 0 Å². The number of hydrogen-bond acceptors (Lipinski definition) is 1. The molecule has 0 saturated heterocycles. The first kappa shape index (κ1) is 11.1. The molecule has 0 amide bonds. The van der Waals surface area contributed by atoms with Gasteiger partial charge in [0.15, 0.2) is 0 Å². The molecule has 0 aliphatic heterocycles. The van der Waals surface area contributed by atoms with Gasteiger partial charge in [-0.05, 0) is 49.9 Å². The van der Waals surface area contributed by atoms with E-state index in [0.717, 1.165) is 6.54 Å². The predicted molar refractivity (Wildman–Crippen MR) is 64.1 cm³/mol. The zero-order valence-corrected chi connectivity index (χ0v) is 9.78. The molecule has 1 nitrogen and oxygen atoms in total. The maximum absolute atomic E-state index is 3.48. The molecular weight excluding hydrogens is 170 g/mol. The molecule has 0 radical (unpaired) electrons. The van der Waals surface area contributed by atoms with Crippen molar-refractivity contribution < 1.29 is 0 Å². The molecule has 0 saturated carbocycles. The van der Waals surface area contributed by atoms with Gasteiger partial charge in [0.2, 0.25) is 0 Å². The summed E-state index contributed by atoms with van der Waals surface area (Å²) in [5.74, 6) is 0. The molecule has 1 aromatic rings. The molecule has 1 rings (SSSR count). The largest absolute Gasteiger partial charge is 0.385 e. The second-order valence-corrected chi connectivity index (χ2v) is 4.03. The van der Waals surface area contributed by atoms with Crippen LogP contribution in [0.5, 0.6) is 0 Å². The molecule has 0 aliphatic rings. The summed E-state index contributed by atoms with van der Waals surface area (Å²) in [6.45, 7) is 9.80. The van der Waals surface area contributed by atoms with Crippen LogP contribution in [0.1, 0.15) is 36.5 Å². The van der Waals surface area contributed by atoms with Crippen molar-refractivity contribution in [2.45, 2.75) is 40.5 Å². The van der Waals surface area contributed by atoms with Gasteiger partial charge in [-0.3, -0.25) is 0 Å². The van der Waals surface area contributed by atoms with Crippen molar-refractivity contribution in [2.75, 3.05) is 11.9 Å². The fourth-order valence-electron chi connectivity index (χ4n) is 1.55. The third kappa shape index (κ3) is 2.76. The summed E-state index contributed by atoms with van der Waals surface area (Å²) in [5.41, 5.74) is 5.39. The SMILES string of the molecule is CCCCNc1cc(C)c(C)cc1C. The fraction of sp³-hybridized carbons (Fsp3) is 0.538. The Morgan fingerprint density at radius 1 is 1.00 bits per heavy atom. The second kappa shape index (κ2) is 5.04. The lowest BCUT2D eigenvalue weighted by Crippen LogP contribution is -2.03. The first-order valence-corrected chi connectivity index (χ1v) is 5.47. The Labute approximate surface area is 87.5 Å². The highest BCUT2D eigenvalue weighted by atomic mass is 14.9. The Balaban J connectivity index is 2.72. The lowest BCUT2D eigenvalue weighted by Gasteiger charge is -2.11. The molecule has 1 N–H and O–H groups in total. The van der Waals surface area contributed by atoms with E-state index in [2.05, 4.69) is 45.1 Å².